The van der Waals surface area contributed by atoms with E-state index in [1.54, 1.807) is 0 Å². The van der Waals surface area contributed by atoms with E-state index in [-0.39, 0.29) is 0 Å². The van der Waals surface area contributed by atoms with Crippen molar-refractivity contribution in [3.8, 4) is 0 Å². The molecule has 2 saturated heterocycles. The zero-order valence-electron chi connectivity index (χ0n) is 15.1. The summed E-state index contributed by atoms with van der Waals surface area (Å²) in [6.45, 7) is 2.42. The highest BCUT2D eigenvalue weighted by molar-refractivity contribution is 6.00. The van der Waals surface area contributed by atoms with Gasteiger partial charge >= 0.3 is 11.9 Å². The minimum atomic E-state index is -1.46. The first kappa shape index (κ1) is 20.9. The fourth-order valence-electron chi connectivity index (χ4n) is 2.57. The molecule has 2 rings (SSSR count). The molecular weight excluding hydrogens is 376 g/mol. The number of amides is 4. The normalized spacial score (nSPS) is 27.9. The Bertz CT molecular complexity index is 762. The van der Waals surface area contributed by atoms with Crippen LogP contribution in [0.1, 0.15) is 20.3 Å². The monoisotopic (exact) mass is 396 g/mol. The van der Waals surface area contributed by atoms with Gasteiger partial charge in [-0.2, -0.15) is 0 Å². The number of carboxylic acids is 1. The molecule has 0 spiro atoms. The van der Waals surface area contributed by atoms with Gasteiger partial charge in [0.1, 0.15) is 30.8 Å². The zero-order chi connectivity index (χ0) is 21.0. The number of nitrogens with one attached hydrogen (secondary N) is 4. The largest absolute Gasteiger partial charge is 0.478 e. The lowest BCUT2D eigenvalue weighted by Crippen LogP contribution is -2.62. The fourth-order valence-corrected chi connectivity index (χ4v) is 2.57. The highest BCUT2D eigenvalue weighted by Crippen LogP contribution is 2.12. The van der Waals surface area contributed by atoms with E-state index in [1.807, 2.05) is 0 Å². The zero-order valence-corrected chi connectivity index (χ0v) is 15.1. The van der Waals surface area contributed by atoms with Crippen LogP contribution in [0.3, 0.4) is 0 Å². The SMILES string of the molecule is C[C@@H]1NC(=O)[C@H](COC(=O)C(=CC(=O)O)C[C@@H]2NC(=O)[C@H](C)NC2=O)NC1=O. The molecule has 28 heavy (non-hydrogen) atoms. The van der Waals surface area contributed by atoms with Gasteiger partial charge in [-0.3, -0.25) is 19.2 Å². The number of carboxylic acid groups (broad SMARTS) is 1. The standard InChI is InChI=1S/C16H20N4O8/c1-6-12(23)19-9(14(25)17-6)3-8(4-11(21)22)16(27)28-5-10-15(26)18-7(2)13(24)20-10/h4,6-7,9-10H,3,5H2,1-2H3,(H,17,25)(H,18,26)(H,19,23)(H,20,24)(H,21,22)/t6-,7-,9-,10-/m0/s1. The molecule has 4 amide bonds. The molecule has 2 heterocycles. The Kier molecular flexibility index (Phi) is 6.33. The summed E-state index contributed by atoms with van der Waals surface area (Å²) in [6, 6.07) is -3.76. The third kappa shape index (κ3) is 5.05. The molecule has 0 saturated carbocycles. The van der Waals surface area contributed by atoms with Crippen LogP contribution in [0.5, 0.6) is 0 Å². The summed E-state index contributed by atoms with van der Waals surface area (Å²) in [5.74, 6) is -4.63. The highest BCUT2D eigenvalue weighted by atomic mass is 16.5. The molecule has 0 aromatic carbocycles. The summed E-state index contributed by atoms with van der Waals surface area (Å²) in [4.78, 5) is 70.3. The molecule has 5 N–H and O–H groups in total. The van der Waals surface area contributed by atoms with Crippen molar-refractivity contribution in [2.75, 3.05) is 6.61 Å². The van der Waals surface area contributed by atoms with Crippen LogP contribution in [0, 0.1) is 0 Å². The number of carbonyl (C=O) groups is 6. The Balaban J connectivity index is 2.03. The van der Waals surface area contributed by atoms with E-state index in [0.717, 1.165) is 0 Å². The Hall–Kier alpha value is -3.44. The van der Waals surface area contributed by atoms with E-state index in [0.29, 0.717) is 6.08 Å². The number of hydrogen-bond donors (Lipinski definition) is 5. The molecule has 0 radical (unpaired) electrons. The molecule has 152 valence electrons. The molecular formula is C16H20N4O8. The summed E-state index contributed by atoms with van der Waals surface area (Å²) in [5, 5.41) is 18.5. The van der Waals surface area contributed by atoms with Crippen LogP contribution in [-0.2, 0) is 33.5 Å². The quantitative estimate of drug-likeness (QED) is 0.232. The number of aliphatic carboxylic acids is 1. The molecule has 12 heteroatoms. The van der Waals surface area contributed by atoms with E-state index >= 15 is 0 Å². The first-order valence-electron chi connectivity index (χ1n) is 8.40. The predicted octanol–water partition coefficient (Wildman–Crippen LogP) is -3.06. The summed E-state index contributed by atoms with van der Waals surface area (Å²) in [6.07, 6.45) is 0.136. The van der Waals surface area contributed by atoms with Crippen LogP contribution in [0.25, 0.3) is 0 Å². The average molecular weight is 396 g/mol. The molecule has 0 bridgehead atoms. The van der Waals surface area contributed by atoms with Gasteiger partial charge in [0.25, 0.3) is 0 Å². The van der Waals surface area contributed by atoms with Gasteiger partial charge in [0.15, 0.2) is 0 Å². The van der Waals surface area contributed by atoms with Gasteiger partial charge in [0.05, 0.1) is 0 Å². The first-order valence-corrected chi connectivity index (χ1v) is 8.40. The van der Waals surface area contributed by atoms with E-state index in [4.69, 9.17) is 9.84 Å². The Labute approximate surface area is 159 Å². The third-order valence-electron chi connectivity index (χ3n) is 4.14. The fraction of sp³-hybridized carbons (Fsp3) is 0.500. The molecule has 0 aliphatic carbocycles. The topological polar surface area (TPSA) is 180 Å². The number of carbonyl (C=O) groups excluding carboxylic acids is 5. The Morgan fingerprint density at radius 3 is 1.93 bits per heavy atom. The summed E-state index contributed by atoms with van der Waals surface area (Å²) >= 11 is 0. The van der Waals surface area contributed by atoms with Gasteiger partial charge in [-0.1, -0.05) is 0 Å². The van der Waals surface area contributed by atoms with Crippen molar-refractivity contribution in [1.82, 2.24) is 21.3 Å². The molecule has 2 fully saturated rings. The van der Waals surface area contributed by atoms with E-state index in [1.165, 1.54) is 13.8 Å². The maximum Gasteiger partial charge on any atom is 0.334 e. The number of esters is 1. The molecule has 4 atom stereocenters. The predicted molar refractivity (Wildman–Crippen MR) is 90.4 cm³/mol. The van der Waals surface area contributed by atoms with Crippen LogP contribution < -0.4 is 21.3 Å². The van der Waals surface area contributed by atoms with Crippen LogP contribution in [0.15, 0.2) is 11.6 Å². The maximum absolute atomic E-state index is 12.3. The second kappa shape index (κ2) is 8.50. The van der Waals surface area contributed by atoms with E-state index < -0.39 is 78.3 Å². The van der Waals surface area contributed by atoms with Crippen LogP contribution >= 0.6 is 0 Å². The number of ether oxygens (including phenoxy) is 1. The van der Waals surface area contributed by atoms with Gasteiger partial charge in [-0.15, -0.1) is 0 Å². The van der Waals surface area contributed by atoms with Crippen molar-refractivity contribution in [2.45, 2.75) is 44.4 Å². The van der Waals surface area contributed by atoms with Gasteiger partial charge < -0.3 is 31.1 Å². The lowest BCUT2D eigenvalue weighted by molar-refractivity contribution is -0.145. The maximum atomic E-state index is 12.3. The highest BCUT2D eigenvalue weighted by Gasteiger charge is 2.34. The minimum absolute atomic E-state index is 0.390. The second-order valence-electron chi connectivity index (χ2n) is 6.39. The van der Waals surface area contributed by atoms with Gasteiger partial charge in [-0.25, -0.2) is 9.59 Å². The number of hydrogen-bond acceptors (Lipinski definition) is 7. The Morgan fingerprint density at radius 1 is 0.893 bits per heavy atom. The number of rotatable bonds is 6. The van der Waals surface area contributed by atoms with Gasteiger partial charge in [0.2, 0.25) is 23.6 Å². The summed E-state index contributed by atoms with van der Waals surface area (Å²) in [5.41, 5.74) is -0.390. The van der Waals surface area contributed by atoms with Gasteiger partial charge in [-0.05, 0) is 13.8 Å². The van der Waals surface area contributed by atoms with Crippen LogP contribution in [0.4, 0.5) is 0 Å². The van der Waals surface area contributed by atoms with Gasteiger partial charge in [0, 0.05) is 18.1 Å². The third-order valence-corrected chi connectivity index (χ3v) is 4.14. The van der Waals surface area contributed by atoms with Crippen molar-refractivity contribution < 1.29 is 38.6 Å². The lowest BCUT2D eigenvalue weighted by atomic mass is 10.0. The number of piperazine rings is 2. The van der Waals surface area contributed by atoms with E-state index in [2.05, 4.69) is 21.3 Å². The second-order valence-corrected chi connectivity index (χ2v) is 6.39. The van der Waals surface area contributed by atoms with Crippen molar-refractivity contribution in [3.05, 3.63) is 11.6 Å². The summed E-state index contributed by atoms with van der Waals surface area (Å²) < 4.78 is 4.93. The van der Waals surface area contributed by atoms with Crippen molar-refractivity contribution >= 4 is 35.6 Å². The van der Waals surface area contributed by atoms with Crippen molar-refractivity contribution in [1.29, 1.82) is 0 Å². The molecule has 2 aliphatic heterocycles. The first-order chi connectivity index (χ1) is 13.1. The van der Waals surface area contributed by atoms with Crippen molar-refractivity contribution in [3.63, 3.8) is 0 Å². The van der Waals surface area contributed by atoms with E-state index in [9.17, 15) is 28.8 Å². The average Bonchev–Trinajstić information content (AvgIpc) is 2.60. The smallest absolute Gasteiger partial charge is 0.334 e. The van der Waals surface area contributed by atoms with Crippen LogP contribution in [0.2, 0.25) is 0 Å². The molecule has 0 unspecified atom stereocenters. The minimum Gasteiger partial charge on any atom is -0.478 e. The summed E-state index contributed by atoms with van der Waals surface area (Å²) in [7, 11) is 0. The van der Waals surface area contributed by atoms with Crippen molar-refractivity contribution in [2.24, 2.45) is 0 Å². The molecule has 0 aromatic heterocycles. The molecule has 2 aliphatic rings. The Morgan fingerprint density at radius 2 is 1.39 bits per heavy atom. The molecule has 12 nitrogen and oxygen atoms in total. The molecule has 0 aromatic rings. The lowest BCUT2D eigenvalue weighted by Gasteiger charge is -2.28. The van der Waals surface area contributed by atoms with Crippen LogP contribution in [-0.4, -0.2) is 71.4 Å².